The number of anilines is 1. The minimum atomic E-state index is 0.457. The summed E-state index contributed by atoms with van der Waals surface area (Å²) in [5.41, 5.74) is 10.7. The molecule has 4 rings (SSSR count). The molecule has 0 fully saturated rings. The second kappa shape index (κ2) is 7.45. The molecule has 2 aromatic heterocycles. The molecule has 5 nitrogen and oxygen atoms in total. The molecular weight excluding hydrogens is 360 g/mol. The van der Waals surface area contributed by atoms with Gasteiger partial charge in [-0.05, 0) is 71.1 Å². The Kier molecular flexibility index (Phi) is 5.11. The van der Waals surface area contributed by atoms with Crippen molar-refractivity contribution in [2.45, 2.75) is 60.4 Å². The summed E-state index contributed by atoms with van der Waals surface area (Å²) in [5.74, 6) is 1.19. The minimum absolute atomic E-state index is 0.457. The zero-order valence-corrected chi connectivity index (χ0v) is 18.8. The molecule has 3 aromatic rings. The molecule has 1 unspecified atom stereocenters. The van der Waals surface area contributed by atoms with Crippen LogP contribution in [0.25, 0.3) is 16.8 Å². The summed E-state index contributed by atoms with van der Waals surface area (Å²) < 4.78 is 7.50. The summed E-state index contributed by atoms with van der Waals surface area (Å²) in [4.78, 5) is 7.53. The molecule has 1 aliphatic heterocycles. The predicted octanol–water partition coefficient (Wildman–Crippen LogP) is 4.73. The molecule has 0 radical (unpaired) electrons. The Bertz CT molecular complexity index is 1060. The first-order valence-corrected chi connectivity index (χ1v) is 10.6. The van der Waals surface area contributed by atoms with Gasteiger partial charge in [0.15, 0.2) is 5.65 Å². The largest absolute Gasteiger partial charge is 0.383 e. The fourth-order valence-electron chi connectivity index (χ4n) is 4.97. The van der Waals surface area contributed by atoms with Crippen molar-refractivity contribution in [3.8, 4) is 11.1 Å². The van der Waals surface area contributed by atoms with Crippen LogP contribution in [0.4, 0.5) is 5.82 Å². The number of benzene rings is 1. The zero-order chi connectivity index (χ0) is 20.9. The number of methoxy groups -OCH3 is 1. The number of rotatable bonds is 4. The lowest BCUT2D eigenvalue weighted by Gasteiger charge is -2.37. The molecule has 0 bridgehead atoms. The van der Waals surface area contributed by atoms with Crippen molar-refractivity contribution >= 4 is 11.5 Å². The van der Waals surface area contributed by atoms with Crippen molar-refractivity contribution in [3.63, 3.8) is 0 Å². The van der Waals surface area contributed by atoms with E-state index in [4.69, 9.17) is 14.8 Å². The van der Waals surface area contributed by atoms with Crippen LogP contribution < -0.4 is 4.90 Å². The molecule has 0 N–H and O–H groups in total. The van der Waals surface area contributed by atoms with Gasteiger partial charge in [-0.3, -0.25) is 0 Å². The first-order chi connectivity index (χ1) is 13.8. The topological polar surface area (TPSA) is 42.7 Å². The molecule has 1 aromatic carbocycles. The van der Waals surface area contributed by atoms with Gasteiger partial charge in [0, 0.05) is 31.0 Å². The molecular formula is C24H32N4O. The van der Waals surface area contributed by atoms with Crippen LogP contribution in [0.1, 0.15) is 47.0 Å². The molecule has 0 saturated carbocycles. The van der Waals surface area contributed by atoms with E-state index in [2.05, 4.69) is 63.1 Å². The van der Waals surface area contributed by atoms with Crippen molar-refractivity contribution < 1.29 is 4.74 Å². The molecule has 3 heterocycles. The summed E-state index contributed by atoms with van der Waals surface area (Å²) in [6, 6.07) is 4.96. The van der Waals surface area contributed by atoms with Gasteiger partial charge in [-0.1, -0.05) is 17.7 Å². The first kappa shape index (κ1) is 19.9. The molecule has 1 aliphatic rings. The number of nitrogens with zero attached hydrogens (tertiary/aromatic N) is 4. The van der Waals surface area contributed by atoms with Crippen molar-refractivity contribution in [2.24, 2.45) is 0 Å². The Morgan fingerprint density at radius 2 is 1.72 bits per heavy atom. The fraction of sp³-hybridized carbons (Fsp3) is 0.500. The summed E-state index contributed by atoms with van der Waals surface area (Å²) in [6.07, 6.45) is 2.18. The van der Waals surface area contributed by atoms with Gasteiger partial charge in [0.25, 0.3) is 0 Å². The molecule has 1 atom stereocenters. The van der Waals surface area contributed by atoms with Gasteiger partial charge in [0.2, 0.25) is 0 Å². The Morgan fingerprint density at radius 3 is 2.38 bits per heavy atom. The third-order valence-corrected chi connectivity index (χ3v) is 6.30. The lowest BCUT2D eigenvalue weighted by atomic mass is 9.93. The van der Waals surface area contributed by atoms with Gasteiger partial charge < -0.3 is 9.64 Å². The number of aromatic nitrogens is 3. The number of hydrogen-bond acceptors (Lipinski definition) is 4. The number of aryl methyl sites for hydroxylation is 5. The Morgan fingerprint density at radius 1 is 1.03 bits per heavy atom. The van der Waals surface area contributed by atoms with E-state index in [0.717, 1.165) is 42.0 Å². The summed E-state index contributed by atoms with van der Waals surface area (Å²) >= 11 is 0. The molecule has 29 heavy (non-hydrogen) atoms. The third kappa shape index (κ3) is 3.21. The Balaban J connectivity index is 2.01. The van der Waals surface area contributed by atoms with Crippen LogP contribution >= 0.6 is 0 Å². The predicted molar refractivity (Wildman–Crippen MR) is 119 cm³/mol. The second-order valence-electron chi connectivity index (χ2n) is 8.54. The monoisotopic (exact) mass is 392 g/mol. The van der Waals surface area contributed by atoms with Gasteiger partial charge in [0.05, 0.1) is 17.9 Å². The maximum atomic E-state index is 5.40. The Hall–Kier alpha value is -2.40. The van der Waals surface area contributed by atoms with E-state index in [-0.39, 0.29) is 0 Å². The normalized spacial score (nSPS) is 16.5. The van der Waals surface area contributed by atoms with Crippen LogP contribution in [0.2, 0.25) is 0 Å². The van der Waals surface area contributed by atoms with E-state index >= 15 is 0 Å². The summed E-state index contributed by atoms with van der Waals surface area (Å²) in [5, 5.41) is 5.01. The maximum absolute atomic E-state index is 5.40. The van der Waals surface area contributed by atoms with Gasteiger partial charge in [0.1, 0.15) is 5.82 Å². The van der Waals surface area contributed by atoms with Gasteiger partial charge in [-0.15, -0.1) is 0 Å². The highest BCUT2D eigenvalue weighted by atomic mass is 16.5. The number of hydrogen-bond donors (Lipinski definition) is 0. The summed E-state index contributed by atoms with van der Waals surface area (Å²) in [6.45, 7) is 14.6. The number of fused-ring (bicyclic) bond motifs is 3. The van der Waals surface area contributed by atoms with Crippen LogP contribution in [-0.2, 0) is 11.2 Å². The lowest BCUT2D eigenvalue weighted by Crippen LogP contribution is -2.41. The van der Waals surface area contributed by atoms with Crippen LogP contribution in [0.15, 0.2) is 12.1 Å². The van der Waals surface area contributed by atoms with Crippen molar-refractivity contribution in [3.05, 3.63) is 45.8 Å². The molecule has 0 amide bonds. The van der Waals surface area contributed by atoms with E-state index in [0.29, 0.717) is 12.6 Å². The molecule has 0 spiro atoms. The smallest absolute Gasteiger partial charge is 0.165 e. The standard InChI is InChI=1S/C24H32N4O/c1-14-12-15(2)21(16(3)13-14)22-19(6)26-28-23(22)25-18(5)20-9-8-17(4)27(24(20)28)10-11-29-7/h12-13,17H,8-11H2,1-7H3. The van der Waals surface area contributed by atoms with E-state index < -0.39 is 0 Å². The average Bonchev–Trinajstić information content (AvgIpc) is 2.96. The third-order valence-electron chi connectivity index (χ3n) is 6.30. The van der Waals surface area contributed by atoms with Crippen LogP contribution in [0.5, 0.6) is 0 Å². The lowest BCUT2D eigenvalue weighted by molar-refractivity contribution is 0.202. The van der Waals surface area contributed by atoms with Crippen LogP contribution in [0.3, 0.4) is 0 Å². The van der Waals surface area contributed by atoms with Gasteiger partial charge in [-0.25, -0.2) is 4.98 Å². The molecule has 5 heteroatoms. The van der Waals surface area contributed by atoms with Crippen LogP contribution in [0, 0.1) is 34.6 Å². The second-order valence-corrected chi connectivity index (χ2v) is 8.54. The summed E-state index contributed by atoms with van der Waals surface area (Å²) in [7, 11) is 1.77. The highest BCUT2D eigenvalue weighted by Gasteiger charge is 2.30. The van der Waals surface area contributed by atoms with E-state index in [1.807, 2.05) is 0 Å². The quantitative estimate of drug-likeness (QED) is 0.644. The zero-order valence-electron chi connectivity index (χ0n) is 18.8. The SMILES string of the molecule is COCCN1c2c(c(C)nc3c(-c4c(C)cc(C)cc4C)c(C)nn23)CCC1C. The Labute approximate surface area is 173 Å². The van der Waals surface area contributed by atoms with Gasteiger partial charge in [-0.2, -0.15) is 9.61 Å². The van der Waals surface area contributed by atoms with Crippen molar-refractivity contribution in [1.29, 1.82) is 0 Å². The van der Waals surface area contributed by atoms with E-state index in [1.165, 1.54) is 33.6 Å². The van der Waals surface area contributed by atoms with E-state index in [9.17, 15) is 0 Å². The molecule has 0 saturated heterocycles. The van der Waals surface area contributed by atoms with Crippen molar-refractivity contribution in [1.82, 2.24) is 14.6 Å². The first-order valence-electron chi connectivity index (χ1n) is 10.6. The van der Waals surface area contributed by atoms with Crippen molar-refractivity contribution in [2.75, 3.05) is 25.2 Å². The average molecular weight is 393 g/mol. The minimum Gasteiger partial charge on any atom is -0.383 e. The highest BCUT2D eigenvalue weighted by Crippen LogP contribution is 2.38. The molecule has 154 valence electrons. The highest BCUT2D eigenvalue weighted by molar-refractivity contribution is 5.85. The fourth-order valence-corrected chi connectivity index (χ4v) is 4.97. The van der Waals surface area contributed by atoms with Gasteiger partial charge >= 0.3 is 0 Å². The molecule has 0 aliphatic carbocycles. The number of ether oxygens (including phenoxy) is 1. The van der Waals surface area contributed by atoms with E-state index in [1.54, 1.807) is 7.11 Å². The van der Waals surface area contributed by atoms with Crippen LogP contribution in [-0.4, -0.2) is 40.9 Å². The maximum Gasteiger partial charge on any atom is 0.165 e.